The van der Waals surface area contributed by atoms with E-state index in [1.807, 2.05) is 25.1 Å². The lowest BCUT2D eigenvalue weighted by atomic mass is 10.2. The van der Waals surface area contributed by atoms with E-state index in [4.69, 9.17) is 0 Å². The van der Waals surface area contributed by atoms with Gasteiger partial charge in [-0.1, -0.05) is 6.07 Å². The van der Waals surface area contributed by atoms with Crippen molar-refractivity contribution in [1.29, 1.82) is 0 Å². The van der Waals surface area contributed by atoms with E-state index in [1.54, 1.807) is 6.07 Å². The minimum atomic E-state index is -0.254. The molecular formula is C15H16FNO2S. The Morgan fingerprint density at radius 1 is 1.30 bits per heavy atom. The molecule has 0 spiro atoms. The van der Waals surface area contributed by atoms with Gasteiger partial charge in [-0.15, -0.1) is 11.3 Å². The highest BCUT2D eigenvalue weighted by Gasteiger charge is 2.07. The quantitative estimate of drug-likeness (QED) is 0.857. The van der Waals surface area contributed by atoms with Crippen molar-refractivity contribution in [2.24, 2.45) is 0 Å². The first-order valence-corrected chi connectivity index (χ1v) is 7.04. The number of rotatable bonds is 5. The van der Waals surface area contributed by atoms with E-state index in [0.29, 0.717) is 12.2 Å². The minimum absolute atomic E-state index is 0.253. The molecule has 2 aromatic rings. The fourth-order valence-electron chi connectivity index (χ4n) is 1.77. The molecule has 0 unspecified atom stereocenters. The van der Waals surface area contributed by atoms with Gasteiger partial charge in [0.1, 0.15) is 5.82 Å². The van der Waals surface area contributed by atoms with Gasteiger partial charge in [-0.2, -0.15) is 0 Å². The molecule has 0 amide bonds. The van der Waals surface area contributed by atoms with Crippen LogP contribution in [0.4, 0.5) is 10.1 Å². The van der Waals surface area contributed by atoms with Crippen molar-refractivity contribution < 1.29 is 13.9 Å². The Morgan fingerprint density at radius 2 is 2.05 bits per heavy atom. The van der Waals surface area contributed by atoms with Crippen LogP contribution in [-0.4, -0.2) is 13.1 Å². The fraction of sp³-hybridized carbons (Fsp3) is 0.267. The molecule has 1 heterocycles. The first-order chi connectivity index (χ1) is 9.58. The highest BCUT2D eigenvalue weighted by atomic mass is 32.1. The summed E-state index contributed by atoms with van der Waals surface area (Å²) in [5.41, 5.74) is 1.38. The number of carbonyl (C=O) groups is 1. The molecule has 0 bridgehead atoms. The SMILES string of the molecule is COC(=O)Cc1ccc(CNc2ccc(C)cc2F)s1. The predicted octanol–water partition coefficient (Wildman–Crippen LogP) is 3.52. The monoisotopic (exact) mass is 293 g/mol. The summed E-state index contributed by atoms with van der Waals surface area (Å²) in [5, 5.41) is 3.06. The van der Waals surface area contributed by atoms with Gasteiger partial charge in [0.15, 0.2) is 0 Å². The van der Waals surface area contributed by atoms with E-state index in [-0.39, 0.29) is 18.2 Å². The molecule has 20 heavy (non-hydrogen) atoms. The maximum absolute atomic E-state index is 13.7. The van der Waals surface area contributed by atoms with E-state index in [1.165, 1.54) is 24.5 Å². The maximum Gasteiger partial charge on any atom is 0.310 e. The van der Waals surface area contributed by atoms with Crippen LogP contribution in [0.3, 0.4) is 0 Å². The second-order valence-corrected chi connectivity index (χ2v) is 5.71. The van der Waals surface area contributed by atoms with Gasteiger partial charge in [0.25, 0.3) is 0 Å². The van der Waals surface area contributed by atoms with Crippen molar-refractivity contribution in [2.45, 2.75) is 19.9 Å². The molecule has 3 nitrogen and oxygen atoms in total. The summed E-state index contributed by atoms with van der Waals surface area (Å²) < 4.78 is 18.3. The number of benzene rings is 1. The molecule has 1 aromatic carbocycles. The lowest BCUT2D eigenvalue weighted by Crippen LogP contribution is -2.02. The topological polar surface area (TPSA) is 38.3 Å². The van der Waals surface area contributed by atoms with Crippen molar-refractivity contribution >= 4 is 23.0 Å². The second kappa shape index (κ2) is 6.52. The molecule has 0 radical (unpaired) electrons. The molecule has 1 aromatic heterocycles. The molecule has 106 valence electrons. The lowest BCUT2D eigenvalue weighted by molar-refractivity contribution is -0.139. The number of aryl methyl sites for hydroxylation is 1. The number of ether oxygens (including phenoxy) is 1. The molecule has 0 aliphatic rings. The van der Waals surface area contributed by atoms with Gasteiger partial charge in [0.2, 0.25) is 0 Å². The third kappa shape index (κ3) is 3.81. The Morgan fingerprint density at radius 3 is 2.75 bits per heavy atom. The van der Waals surface area contributed by atoms with Crippen LogP contribution in [-0.2, 0) is 22.5 Å². The summed E-state index contributed by atoms with van der Waals surface area (Å²) in [6, 6.07) is 8.92. The number of nitrogens with one attached hydrogen (secondary N) is 1. The zero-order chi connectivity index (χ0) is 14.5. The van der Waals surface area contributed by atoms with Crippen LogP contribution in [0, 0.1) is 12.7 Å². The number of hydrogen-bond acceptors (Lipinski definition) is 4. The standard InChI is InChI=1S/C15H16FNO2S/c1-10-3-6-14(13(16)7-10)17-9-12-5-4-11(20-12)8-15(18)19-2/h3-7,17H,8-9H2,1-2H3. The predicted molar refractivity (Wildman–Crippen MR) is 78.5 cm³/mol. The maximum atomic E-state index is 13.7. The molecule has 0 fully saturated rings. The van der Waals surface area contributed by atoms with Gasteiger partial charge >= 0.3 is 5.97 Å². The molecule has 5 heteroatoms. The van der Waals surface area contributed by atoms with Crippen molar-refractivity contribution in [1.82, 2.24) is 0 Å². The molecule has 0 aliphatic carbocycles. The number of esters is 1. The van der Waals surface area contributed by atoms with Crippen molar-refractivity contribution in [3.05, 3.63) is 51.5 Å². The van der Waals surface area contributed by atoms with E-state index < -0.39 is 0 Å². The molecule has 2 rings (SSSR count). The molecule has 0 saturated heterocycles. The summed E-state index contributed by atoms with van der Waals surface area (Å²) in [5.74, 6) is -0.507. The average Bonchev–Trinajstić information content (AvgIpc) is 2.85. The van der Waals surface area contributed by atoms with Gasteiger partial charge < -0.3 is 10.1 Å². The van der Waals surface area contributed by atoms with Gasteiger partial charge in [-0.25, -0.2) is 4.39 Å². The largest absolute Gasteiger partial charge is 0.469 e. The Balaban J connectivity index is 1.95. The van der Waals surface area contributed by atoms with Gasteiger partial charge in [-0.05, 0) is 36.8 Å². The summed E-state index contributed by atoms with van der Waals surface area (Å²) in [4.78, 5) is 13.2. The Kier molecular flexibility index (Phi) is 4.74. The number of thiophene rings is 1. The average molecular weight is 293 g/mol. The molecular weight excluding hydrogens is 277 g/mol. The van der Waals surface area contributed by atoms with Gasteiger partial charge in [0, 0.05) is 16.3 Å². The number of carbonyl (C=O) groups excluding carboxylic acids is 1. The highest BCUT2D eigenvalue weighted by molar-refractivity contribution is 7.12. The van der Waals surface area contributed by atoms with Crippen LogP contribution >= 0.6 is 11.3 Å². The van der Waals surface area contributed by atoms with E-state index in [2.05, 4.69) is 10.1 Å². The third-order valence-electron chi connectivity index (χ3n) is 2.84. The van der Waals surface area contributed by atoms with Crippen LogP contribution < -0.4 is 5.32 Å². The Bertz CT molecular complexity index is 610. The number of hydrogen-bond donors (Lipinski definition) is 1. The first-order valence-electron chi connectivity index (χ1n) is 6.23. The Hall–Kier alpha value is -1.88. The van der Waals surface area contributed by atoms with Crippen LogP contribution in [0.25, 0.3) is 0 Å². The zero-order valence-corrected chi connectivity index (χ0v) is 12.2. The van der Waals surface area contributed by atoms with Gasteiger partial charge in [0.05, 0.1) is 19.2 Å². The highest BCUT2D eigenvalue weighted by Crippen LogP contribution is 2.20. The smallest absolute Gasteiger partial charge is 0.310 e. The molecule has 1 N–H and O–H groups in total. The summed E-state index contributed by atoms with van der Waals surface area (Å²) in [7, 11) is 1.37. The van der Waals surface area contributed by atoms with Crippen molar-refractivity contribution in [3.63, 3.8) is 0 Å². The minimum Gasteiger partial charge on any atom is -0.469 e. The molecule has 0 atom stereocenters. The van der Waals surface area contributed by atoms with Crippen molar-refractivity contribution in [3.8, 4) is 0 Å². The Labute approximate surface area is 121 Å². The van der Waals surface area contributed by atoms with Crippen LogP contribution in [0.15, 0.2) is 30.3 Å². The summed E-state index contributed by atoms with van der Waals surface area (Å²) in [6.07, 6.45) is 0.278. The van der Waals surface area contributed by atoms with E-state index in [9.17, 15) is 9.18 Å². The van der Waals surface area contributed by atoms with Gasteiger partial charge in [-0.3, -0.25) is 4.79 Å². The number of halogens is 1. The van der Waals surface area contributed by atoms with E-state index in [0.717, 1.165) is 15.3 Å². The van der Waals surface area contributed by atoms with Crippen molar-refractivity contribution in [2.75, 3.05) is 12.4 Å². The zero-order valence-electron chi connectivity index (χ0n) is 11.4. The van der Waals surface area contributed by atoms with E-state index >= 15 is 0 Å². The second-order valence-electron chi connectivity index (χ2n) is 4.46. The molecule has 0 saturated carbocycles. The summed E-state index contributed by atoms with van der Waals surface area (Å²) in [6.45, 7) is 2.39. The van der Waals surface area contributed by atoms with Crippen LogP contribution in [0.1, 0.15) is 15.3 Å². The van der Waals surface area contributed by atoms with Crippen LogP contribution in [0.2, 0.25) is 0 Å². The van der Waals surface area contributed by atoms with Crippen LogP contribution in [0.5, 0.6) is 0 Å². The number of methoxy groups -OCH3 is 1. The molecule has 0 aliphatic heterocycles. The third-order valence-corrected chi connectivity index (χ3v) is 3.93. The number of anilines is 1. The summed E-state index contributed by atoms with van der Waals surface area (Å²) >= 11 is 1.52. The normalized spacial score (nSPS) is 10.3. The fourth-order valence-corrected chi connectivity index (χ4v) is 2.72. The first kappa shape index (κ1) is 14.5. The lowest BCUT2D eigenvalue weighted by Gasteiger charge is -2.06.